The largest absolute Gasteiger partial charge is 0.391 e. The fraction of sp³-hybridized carbons (Fsp3) is 0.167. The Morgan fingerprint density at radius 3 is 2.84 bits per heavy atom. The SMILES string of the molecule is CSc1ncc(CO)c(Nc2ccccc2SN)n1. The Balaban J connectivity index is 2.36. The van der Waals surface area contributed by atoms with Crippen molar-refractivity contribution in [2.75, 3.05) is 11.6 Å². The van der Waals surface area contributed by atoms with E-state index in [4.69, 9.17) is 5.14 Å². The van der Waals surface area contributed by atoms with Crippen LogP contribution in [0.1, 0.15) is 5.56 Å². The molecule has 2 aromatic rings. The van der Waals surface area contributed by atoms with Gasteiger partial charge >= 0.3 is 0 Å². The predicted octanol–water partition coefficient (Wildman–Crippen LogP) is 2.40. The van der Waals surface area contributed by atoms with Crippen LogP contribution in [-0.2, 0) is 6.61 Å². The first-order valence-electron chi connectivity index (χ1n) is 5.52. The van der Waals surface area contributed by atoms with Gasteiger partial charge in [0.1, 0.15) is 5.82 Å². The Labute approximate surface area is 120 Å². The van der Waals surface area contributed by atoms with Gasteiger partial charge in [0.2, 0.25) is 0 Å². The standard InChI is InChI=1S/C12H14N4OS2/c1-18-12-14-6-8(7-17)11(16-12)15-9-4-2-3-5-10(9)19-13/h2-6,17H,7,13H2,1H3,(H,14,15,16). The number of nitrogens with one attached hydrogen (secondary N) is 1. The molecule has 0 unspecified atom stereocenters. The number of benzene rings is 1. The van der Waals surface area contributed by atoms with Crippen LogP contribution in [0.3, 0.4) is 0 Å². The average molecular weight is 294 g/mol. The molecule has 0 aliphatic heterocycles. The summed E-state index contributed by atoms with van der Waals surface area (Å²) >= 11 is 2.61. The highest BCUT2D eigenvalue weighted by Gasteiger charge is 2.08. The Morgan fingerprint density at radius 2 is 2.16 bits per heavy atom. The van der Waals surface area contributed by atoms with Crippen molar-refractivity contribution in [1.82, 2.24) is 9.97 Å². The molecule has 0 bridgehead atoms. The zero-order valence-corrected chi connectivity index (χ0v) is 12.0. The topological polar surface area (TPSA) is 84.1 Å². The lowest BCUT2D eigenvalue weighted by Gasteiger charge is -2.12. The molecule has 2 rings (SSSR count). The molecule has 0 radical (unpaired) electrons. The van der Waals surface area contributed by atoms with Crippen molar-refractivity contribution in [3.8, 4) is 0 Å². The normalized spacial score (nSPS) is 10.5. The molecule has 5 nitrogen and oxygen atoms in total. The van der Waals surface area contributed by atoms with Gasteiger partial charge in [0, 0.05) is 16.7 Å². The summed E-state index contributed by atoms with van der Waals surface area (Å²) in [5.74, 6) is 0.600. The number of aliphatic hydroxyl groups is 1. The van der Waals surface area contributed by atoms with Crippen LogP contribution in [0.25, 0.3) is 0 Å². The van der Waals surface area contributed by atoms with Gasteiger partial charge in [0.15, 0.2) is 5.16 Å². The molecule has 0 amide bonds. The number of anilines is 2. The summed E-state index contributed by atoms with van der Waals surface area (Å²) in [5.41, 5.74) is 1.50. The Hall–Kier alpha value is -1.28. The lowest BCUT2D eigenvalue weighted by atomic mass is 10.3. The third-order valence-electron chi connectivity index (χ3n) is 2.46. The van der Waals surface area contributed by atoms with Crippen LogP contribution in [-0.4, -0.2) is 21.3 Å². The maximum atomic E-state index is 9.33. The van der Waals surface area contributed by atoms with Gasteiger partial charge < -0.3 is 10.4 Å². The molecule has 4 N–H and O–H groups in total. The number of rotatable bonds is 5. The highest BCUT2D eigenvalue weighted by atomic mass is 32.2. The van der Waals surface area contributed by atoms with E-state index < -0.39 is 0 Å². The molecule has 0 fully saturated rings. The second kappa shape index (κ2) is 6.76. The van der Waals surface area contributed by atoms with Crippen molar-refractivity contribution in [3.63, 3.8) is 0 Å². The summed E-state index contributed by atoms with van der Waals surface area (Å²) in [5, 5.41) is 18.8. The van der Waals surface area contributed by atoms with Gasteiger partial charge in [-0.2, -0.15) is 0 Å². The summed E-state index contributed by atoms with van der Waals surface area (Å²) in [6.45, 7) is -0.116. The molecule has 0 aliphatic carbocycles. The van der Waals surface area contributed by atoms with E-state index in [1.54, 1.807) is 6.20 Å². The number of aliphatic hydroxyl groups excluding tert-OH is 1. The lowest BCUT2D eigenvalue weighted by Crippen LogP contribution is -2.03. The van der Waals surface area contributed by atoms with Crippen molar-refractivity contribution in [3.05, 3.63) is 36.0 Å². The molecule has 0 spiro atoms. The Morgan fingerprint density at radius 1 is 1.37 bits per heavy atom. The number of nitrogens with zero attached hydrogens (tertiary/aromatic N) is 2. The van der Waals surface area contributed by atoms with Crippen LogP contribution in [0.15, 0.2) is 40.5 Å². The molecule has 1 heterocycles. The predicted molar refractivity (Wildman–Crippen MR) is 79.5 cm³/mol. The fourth-order valence-electron chi connectivity index (χ4n) is 1.51. The lowest BCUT2D eigenvalue weighted by molar-refractivity contribution is 0.281. The average Bonchev–Trinajstić information content (AvgIpc) is 2.47. The van der Waals surface area contributed by atoms with Crippen LogP contribution in [0.4, 0.5) is 11.5 Å². The van der Waals surface area contributed by atoms with Gasteiger partial charge in [0.25, 0.3) is 0 Å². The molecular weight excluding hydrogens is 280 g/mol. The van der Waals surface area contributed by atoms with Crippen LogP contribution < -0.4 is 10.5 Å². The van der Waals surface area contributed by atoms with Crippen molar-refractivity contribution in [1.29, 1.82) is 0 Å². The Kier molecular flexibility index (Phi) is 5.03. The van der Waals surface area contributed by atoms with Gasteiger partial charge in [-0.05, 0) is 30.3 Å². The van der Waals surface area contributed by atoms with Crippen LogP contribution in [0.2, 0.25) is 0 Å². The third-order valence-corrected chi connectivity index (χ3v) is 3.63. The maximum Gasteiger partial charge on any atom is 0.189 e. The van der Waals surface area contributed by atoms with Crippen molar-refractivity contribution in [2.24, 2.45) is 5.14 Å². The van der Waals surface area contributed by atoms with Crippen LogP contribution >= 0.6 is 23.7 Å². The quantitative estimate of drug-likeness (QED) is 0.443. The molecule has 0 saturated carbocycles. The molecular formula is C12H14N4OS2. The highest BCUT2D eigenvalue weighted by Crippen LogP contribution is 2.27. The molecule has 0 aliphatic rings. The monoisotopic (exact) mass is 294 g/mol. The minimum absolute atomic E-state index is 0.116. The second-order valence-corrected chi connectivity index (χ2v) is 5.08. The number of hydrogen-bond donors (Lipinski definition) is 3. The van der Waals surface area contributed by atoms with Crippen molar-refractivity contribution in [2.45, 2.75) is 16.7 Å². The zero-order chi connectivity index (χ0) is 13.7. The zero-order valence-electron chi connectivity index (χ0n) is 10.3. The van der Waals surface area contributed by atoms with Gasteiger partial charge in [-0.15, -0.1) is 0 Å². The first-order chi connectivity index (χ1) is 9.28. The second-order valence-electron chi connectivity index (χ2n) is 3.63. The molecule has 100 valence electrons. The van der Waals surface area contributed by atoms with Gasteiger partial charge in [0.05, 0.1) is 12.3 Å². The molecule has 0 atom stereocenters. The van der Waals surface area contributed by atoms with E-state index >= 15 is 0 Å². The van der Waals surface area contributed by atoms with E-state index in [2.05, 4.69) is 15.3 Å². The van der Waals surface area contributed by atoms with Crippen LogP contribution in [0.5, 0.6) is 0 Å². The summed E-state index contributed by atoms with van der Waals surface area (Å²) in [7, 11) is 0. The minimum Gasteiger partial charge on any atom is -0.391 e. The number of hydrogen-bond acceptors (Lipinski definition) is 7. The summed E-state index contributed by atoms with van der Waals surface area (Å²) < 4.78 is 0. The first kappa shape index (κ1) is 14.1. The molecule has 19 heavy (non-hydrogen) atoms. The summed E-state index contributed by atoms with van der Waals surface area (Å²) in [4.78, 5) is 9.41. The van der Waals surface area contributed by atoms with Crippen molar-refractivity contribution < 1.29 is 5.11 Å². The Bertz CT molecular complexity index is 565. The molecule has 1 aromatic carbocycles. The van der Waals surface area contributed by atoms with Crippen LogP contribution in [0, 0.1) is 0 Å². The van der Waals surface area contributed by atoms with Gasteiger partial charge in [-0.25, -0.2) is 9.97 Å². The van der Waals surface area contributed by atoms with Gasteiger partial charge in [-0.3, -0.25) is 5.14 Å². The number of thioether (sulfide) groups is 1. The fourth-order valence-corrected chi connectivity index (χ4v) is 2.26. The van der Waals surface area contributed by atoms with E-state index in [0.29, 0.717) is 16.5 Å². The number of nitrogens with two attached hydrogens (primary N) is 1. The summed E-state index contributed by atoms with van der Waals surface area (Å²) in [6.07, 6.45) is 3.53. The maximum absolute atomic E-state index is 9.33. The summed E-state index contributed by atoms with van der Waals surface area (Å²) in [6, 6.07) is 7.66. The van der Waals surface area contributed by atoms with E-state index in [1.165, 1.54) is 11.8 Å². The van der Waals surface area contributed by atoms with E-state index in [-0.39, 0.29) is 6.61 Å². The van der Waals surface area contributed by atoms with Gasteiger partial charge in [-0.1, -0.05) is 23.9 Å². The van der Waals surface area contributed by atoms with E-state index in [9.17, 15) is 5.11 Å². The number of para-hydroxylation sites is 1. The van der Waals surface area contributed by atoms with Crippen molar-refractivity contribution >= 4 is 35.2 Å². The minimum atomic E-state index is -0.116. The third kappa shape index (κ3) is 3.38. The smallest absolute Gasteiger partial charge is 0.189 e. The molecule has 7 heteroatoms. The molecule has 0 saturated heterocycles. The first-order valence-corrected chi connectivity index (χ1v) is 7.62. The highest BCUT2D eigenvalue weighted by molar-refractivity contribution is 7.98. The number of aromatic nitrogens is 2. The molecule has 1 aromatic heterocycles. The van der Waals surface area contributed by atoms with E-state index in [1.807, 2.05) is 30.5 Å². The van der Waals surface area contributed by atoms with E-state index in [0.717, 1.165) is 22.5 Å².